The van der Waals surface area contributed by atoms with Crippen molar-refractivity contribution >= 4 is 28.9 Å². The fraction of sp³-hybridized carbons (Fsp3) is 0.130. The minimum atomic E-state index is -0.782. The average Bonchev–Trinajstić information content (AvgIpc) is 2.75. The van der Waals surface area contributed by atoms with E-state index in [1.165, 1.54) is 6.07 Å². The highest BCUT2D eigenvalue weighted by Gasteiger charge is 2.11. The maximum Gasteiger partial charge on any atom is 0.255 e. The lowest BCUT2D eigenvalue weighted by Crippen LogP contribution is -2.22. The second-order valence-corrected chi connectivity index (χ2v) is 6.49. The van der Waals surface area contributed by atoms with Gasteiger partial charge in [0.1, 0.15) is 23.1 Å². The molecule has 0 spiro atoms. The van der Waals surface area contributed by atoms with Gasteiger partial charge in [0.25, 0.3) is 5.91 Å². The number of nitrogens with one attached hydrogen (secondary N) is 3. The van der Waals surface area contributed by atoms with Crippen molar-refractivity contribution in [2.45, 2.75) is 6.92 Å². The van der Waals surface area contributed by atoms with Gasteiger partial charge in [-0.05, 0) is 67.6 Å². The number of hydrogen-bond acceptors (Lipinski definition) is 4. The van der Waals surface area contributed by atoms with Crippen LogP contribution in [-0.4, -0.2) is 25.0 Å². The molecule has 0 aromatic heterocycles. The average molecular weight is 425 g/mol. The van der Waals surface area contributed by atoms with E-state index in [0.29, 0.717) is 29.3 Å². The molecular formula is C23H21F2N3O3. The van der Waals surface area contributed by atoms with Gasteiger partial charge in [-0.15, -0.1) is 0 Å². The Morgan fingerprint density at radius 1 is 0.839 bits per heavy atom. The van der Waals surface area contributed by atoms with Crippen LogP contribution in [0.15, 0.2) is 66.7 Å². The van der Waals surface area contributed by atoms with Crippen molar-refractivity contribution in [2.24, 2.45) is 0 Å². The molecule has 0 unspecified atom stereocenters. The predicted octanol–water partition coefficient (Wildman–Crippen LogP) is 4.67. The van der Waals surface area contributed by atoms with Crippen molar-refractivity contribution in [1.82, 2.24) is 0 Å². The third-order valence-corrected chi connectivity index (χ3v) is 4.24. The largest absolute Gasteiger partial charge is 0.494 e. The minimum Gasteiger partial charge on any atom is -0.494 e. The first-order valence-corrected chi connectivity index (χ1v) is 9.58. The second-order valence-electron chi connectivity index (χ2n) is 6.49. The van der Waals surface area contributed by atoms with Crippen LogP contribution in [0.3, 0.4) is 0 Å². The van der Waals surface area contributed by atoms with Crippen LogP contribution in [0.4, 0.5) is 25.8 Å². The summed E-state index contributed by atoms with van der Waals surface area (Å²) in [4.78, 5) is 24.4. The molecular weight excluding hydrogens is 404 g/mol. The van der Waals surface area contributed by atoms with E-state index in [9.17, 15) is 18.4 Å². The minimum absolute atomic E-state index is 0.307. The molecule has 0 saturated heterocycles. The van der Waals surface area contributed by atoms with Crippen molar-refractivity contribution < 1.29 is 23.1 Å². The van der Waals surface area contributed by atoms with Gasteiger partial charge in [-0.2, -0.15) is 0 Å². The molecule has 3 rings (SSSR count). The number of anilines is 3. The summed E-state index contributed by atoms with van der Waals surface area (Å²) in [5.74, 6) is -1.65. The molecule has 0 fully saturated rings. The molecule has 6 nitrogen and oxygen atoms in total. The standard InChI is InChI=1S/C23H21F2N3O3/c1-2-31-18-12-10-17(11-13-18)28-23(30)15-6-8-16(9-7-15)27-21(29)14-26-22-19(24)4-3-5-20(22)25/h3-13,26H,2,14H2,1H3,(H,27,29)(H,28,30). The molecule has 0 atom stereocenters. The first kappa shape index (κ1) is 21.8. The Hall–Kier alpha value is -3.94. The fourth-order valence-corrected chi connectivity index (χ4v) is 2.75. The molecule has 0 radical (unpaired) electrons. The number of para-hydroxylation sites is 1. The summed E-state index contributed by atoms with van der Waals surface area (Å²) in [6.07, 6.45) is 0. The van der Waals surface area contributed by atoms with E-state index >= 15 is 0 Å². The smallest absolute Gasteiger partial charge is 0.255 e. The third kappa shape index (κ3) is 6.02. The molecule has 0 aliphatic carbocycles. The van der Waals surface area contributed by atoms with Crippen LogP contribution in [0, 0.1) is 11.6 Å². The molecule has 8 heteroatoms. The Kier molecular flexibility index (Phi) is 7.16. The number of halogens is 2. The number of amides is 2. The van der Waals surface area contributed by atoms with Crippen molar-refractivity contribution in [3.63, 3.8) is 0 Å². The Morgan fingerprint density at radius 3 is 2.03 bits per heavy atom. The van der Waals surface area contributed by atoms with Crippen LogP contribution in [-0.2, 0) is 4.79 Å². The van der Waals surface area contributed by atoms with Crippen molar-refractivity contribution in [3.05, 3.63) is 83.9 Å². The quantitative estimate of drug-likeness (QED) is 0.490. The molecule has 0 heterocycles. The monoisotopic (exact) mass is 425 g/mol. The van der Waals surface area contributed by atoms with Gasteiger partial charge in [0, 0.05) is 16.9 Å². The topological polar surface area (TPSA) is 79.5 Å². The van der Waals surface area contributed by atoms with E-state index < -0.39 is 17.5 Å². The van der Waals surface area contributed by atoms with Crippen LogP contribution < -0.4 is 20.7 Å². The lowest BCUT2D eigenvalue weighted by Gasteiger charge is -2.10. The van der Waals surface area contributed by atoms with Gasteiger partial charge in [-0.25, -0.2) is 8.78 Å². The number of rotatable bonds is 8. The fourth-order valence-electron chi connectivity index (χ4n) is 2.75. The Bertz CT molecular complexity index is 1030. The third-order valence-electron chi connectivity index (χ3n) is 4.24. The second kappa shape index (κ2) is 10.2. The van der Waals surface area contributed by atoms with Crippen molar-refractivity contribution in [1.29, 1.82) is 0 Å². The summed E-state index contributed by atoms with van der Waals surface area (Å²) in [7, 11) is 0. The van der Waals surface area contributed by atoms with E-state index in [2.05, 4.69) is 16.0 Å². The first-order chi connectivity index (χ1) is 15.0. The van der Waals surface area contributed by atoms with Gasteiger partial charge < -0.3 is 20.7 Å². The molecule has 31 heavy (non-hydrogen) atoms. The highest BCUT2D eigenvalue weighted by Crippen LogP contribution is 2.19. The van der Waals surface area contributed by atoms with E-state index in [4.69, 9.17) is 4.74 Å². The summed E-state index contributed by atoms with van der Waals surface area (Å²) in [6.45, 7) is 2.13. The molecule has 2 amide bonds. The van der Waals surface area contributed by atoms with Gasteiger partial charge in [-0.1, -0.05) is 6.07 Å². The number of carbonyl (C=O) groups excluding carboxylic acids is 2. The van der Waals surface area contributed by atoms with Crippen LogP contribution in [0.25, 0.3) is 0 Å². The summed E-state index contributed by atoms with van der Waals surface area (Å²) in [5.41, 5.74) is 1.10. The molecule has 0 bridgehead atoms. The van der Waals surface area contributed by atoms with Gasteiger partial charge >= 0.3 is 0 Å². The Balaban J connectivity index is 1.53. The summed E-state index contributed by atoms with van der Waals surface area (Å²) < 4.78 is 32.5. The molecule has 0 aliphatic rings. The highest BCUT2D eigenvalue weighted by molar-refractivity contribution is 6.04. The zero-order valence-corrected chi connectivity index (χ0v) is 16.7. The maximum absolute atomic E-state index is 13.6. The first-order valence-electron chi connectivity index (χ1n) is 9.58. The zero-order valence-electron chi connectivity index (χ0n) is 16.7. The molecule has 3 aromatic rings. The Labute approximate surface area is 178 Å². The number of ether oxygens (including phenoxy) is 1. The van der Waals surface area contributed by atoms with E-state index in [1.54, 1.807) is 48.5 Å². The predicted molar refractivity (Wildman–Crippen MR) is 115 cm³/mol. The molecule has 3 N–H and O–H groups in total. The number of hydrogen-bond donors (Lipinski definition) is 3. The molecule has 0 saturated carbocycles. The van der Waals surface area contributed by atoms with Gasteiger partial charge in [-0.3, -0.25) is 9.59 Å². The SMILES string of the molecule is CCOc1ccc(NC(=O)c2ccc(NC(=O)CNc3c(F)cccc3F)cc2)cc1. The maximum atomic E-state index is 13.6. The van der Waals surface area contributed by atoms with Gasteiger partial charge in [0.05, 0.1) is 13.2 Å². The van der Waals surface area contributed by atoms with Crippen LogP contribution >= 0.6 is 0 Å². The van der Waals surface area contributed by atoms with Crippen molar-refractivity contribution in [3.8, 4) is 5.75 Å². The van der Waals surface area contributed by atoms with E-state index in [1.807, 2.05) is 6.92 Å². The lowest BCUT2D eigenvalue weighted by molar-refractivity contribution is -0.114. The normalized spacial score (nSPS) is 10.3. The summed E-state index contributed by atoms with van der Waals surface area (Å²) in [5, 5.41) is 7.80. The zero-order chi connectivity index (χ0) is 22.2. The molecule has 160 valence electrons. The molecule has 0 aliphatic heterocycles. The summed E-state index contributed by atoms with van der Waals surface area (Å²) >= 11 is 0. The van der Waals surface area contributed by atoms with E-state index in [-0.39, 0.29) is 18.1 Å². The summed E-state index contributed by atoms with van der Waals surface area (Å²) in [6, 6.07) is 16.7. The van der Waals surface area contributed by atoms with Crippen LogP contribution in [0.2, 0.25) is 0 Å². The highest BCUT2D eigenvalue weighted by atomic mass is 19.1. The van der Waals surface area contributed by atoms with Crippen LogP contribution in [0.1, 0.15) is 17.3 Å². The number of benzene rings is 3. The molecule has 3 aromatic carbocycles. The number of carbonyl (C=O) groups is 2. The lowest BCUT2D eigenvalue weighted by atomic mass is 10.2. The van der Waals surface area contributed by atoms with Crippen LogP contribution in [0.5, 0.6) is 5.75 Å². The van der Waals surface area contributed by atoms with E-state index in [0.717, 1.165) is 12.1 Å². The Morgan fingerprint density at radius 2 is 1.42 bits per heavy atom. The van der Waals surface area contributed by atoms with Gasteiger partial charge in [0.15, 0.2) is 0 Å². The van der Waals surface area contributed by atoms with Crippen molar-refractivity contribution in [2.75, 3.05) is 29.1 Å². The van der Waals surface area contributed by atoms with Gasteiger partial charge in [0.2, 0.25) is 5.91 Å².